The minimum Gasteiger partial charge on any atom is -0.311 e. The number of thiocarbonyl (C=S) groups is 1. The van der Waals surface area contributed by atoms with Crippen molar-refractivity contribution in [3.63, 3.8) is 0 Å². The molecule has 1 amide bonds. The molecule has 4 N–H and O–H groups in total. The van der Waals surface area contributed by atoms with Gasteiger partial charge in [0.05, 0.1) is 5.75 Å². The van der Waals surface area contributed by atoms with Crippen molar-refractivity contribution in [1.82, 2.24) is 5.32 Å². The van der Waals surface area contributed by atoms with E-state index < -0.39 is 0 Å². The highest BCUT2D eigenvalue weighted by atomic mass is 32.2. The molecular weight excluding hydrogens is 256 g/mol. The Labute approximate surface area is 99.3 Å². The van der Waals surface area contributed by atoms with Crippen LogP contribution in [0.4, 0.5) is 0 Å². The Balaban J connectivity index is -0.000000161. The van der Waals surface area contributed by atoms with Crippen molar-refractivity contribution < 1.29 is 19.2 Å². The molecule has 0 radical (unpaired) electrons. The topological polar surface area (TPSA) is 152 Å². The zero-order chi connectivity index (χ0) is 13.4. The van der Waals surface area contributed by atoms with Gasteiger partial charge in [-0.1, -0.05) is 24.0 Å². The van der Waals surface area contributed by atoms with Crippen molar-refractivity contribution >= 4 is 52.4 Å². The van der Waals surface area contributed by atoms with E-state index in [-0.39, 0.29) is 5.91 Å². The third-order valence-electron chi connectivity index (χ3n) is 0.576. The first-order valence-corrected chi connectivity index (χ1v) is 4.51. The Bertz CT molecular complexity index is 283. The summed E-state index contributed by atoms with van der Waals surface area (Å²) >= 11 is 6.00. The highest BCUT2D eigenvalue weighted by molar-refractivity contribution is 8.24. The predicted octanol–water partition coefficient (Wildman–Crippen LogP) is -0.163. The predicted molar refractivity (Wildman–Crippen MR) is 58.4 cm³/mol. The van der Waals surface area contributed by atoms with E-state index >= 15 is 0 Å². The normalized spacial score (nSPS) is 10.2. The molecule has 0 aliphatic carbocycles. The number of hydrogen-bond donors (Lipinski definition) is 4. The van der Waals surface area contributed by atoms with Crippen molar-refractivity contribution in [1.29, 1.82) is 16.2 Å². The van der Waals surface area contributed by atoms with E-state index in [0.717, 1.165) is 18.2 Å². The molecule has 1 saturated heterocycles. The number of carbonyl (C=O) groups is 1. The van der Waals surface area contributed by atoms with Gasteiger partial charge in [-0.15, -0.1) is 0 Å². The Morgan fingerprint density at radius 1 is 1.12 bits per heavy atom. The summed E-state index contributed by atoms with van der Waals surface area (Å²) in [6.45, 7) is 0. The summed E-state index contributed by atoms with van der Waals surface area (Å²) in [4.78, 5) is 35.3. The first kappa shape index (κ1) is 19.6. The largest absolute Gasteiger partial charge is 0.311 e. The molecule has 0 aromatic rings. The molecule has 0 saturated carbocycles. The maximum Gasteiger partial charge on any atom is 0.235 e. The average Bonchev–Trinajstić information content (AvgIpc) is 2.54. The van der Waals surface area contributed by atoms with Crippen molar-refractivity contribution in [2.45, 2.75) is 0 Å². The van der Waals surface area contributed by atoms with E-state index in [0.29, 0.717) is 10.1 Å². The lowest BCUT2D eigenvalue weighted by Gasteiger charge is -1.81. The third-order valence-corrected chi connectivity index (χ3v) is 1.80. The minimum absolute atomic E-state index is 0.0231. The van der Waals surface area contributed by atoms with Crippen LogP contribution in [0.5, 0.6) is 0 Å². The van der Waals surface area contributed by atoms with Crippen LogP contribution in [0.25, 0.3) is 0 Å². The van der Waals surface area contributed by atoms with Gasteiger partial charge in [0, 0.05) is 0 Å². The second kappa shape index (κ2) is 18.8. The van der Waals surface area contributed by atoms with Crippen LogP contribution in [-0.4, -0.2) is 34.2 Å². The molecule has 10 heteroatoms. The van der Waals surface area contributed by atoms with Crippen LogP contribution < -0.4 is 5.32 Å². The number of thioether (sulfide) groups is 1. The van der Waals surface area contributed by atoms with Crippen molar-refractivity contribution in [2.75, 3.05) is 5.75 Å². The van der Waals surface area contributed by atoms with Gasteiger partial charge in [-0.2, -0.15) is 0 Å². The van der Waals surface area contributed by atoms with Crippen LogP contribution in [0, 0.1) is 16.2 Å². The van der Waals surface area contributed by atoms with Gasteiger partial charge in [0.15, 0.2) is 0 Å². The SMILES string of the molecule is N=C=O.N=C=O.N=C=O.O=C1CSC(=S)N1. The fraction of sp³-hybridized carbons (Fsp3) is 0.167. The van der Waals surface area contributed by atoms with Crippen LogP contribution in [0.3, 0.4) is 0 Å². The number of hydrogen-bond acceptors (Lipinski definition) is 9. The van der Waals surface area contributed by atoms with E-state index in [4.69, 9.17) is 30.6 Å². The van der Waals surface area contributed by atoms with Crippen LogP contribution in [0.1, 0.15) is 0 Å². The summed E-state index contributed by atoms with van der Waals surface area (Å²) in [5.74, 6) is 0.522. The van der Waals surface area contributed by atoms with E-state index in [1.54, 1.807) is 0 Å². The molecule has 1 fully saturated rings. The van der Waals surface area contributed by atoms with Crippen LogP contribution in [0.15, 0.2) is 0 Å². The summed E-state index contributed by atoms with van der Waals surface area (Å²) in [6, 6.07) is 0. The summed E-state index contributed by atoms with van der Waals surface area (Å²) in [5, 5.41) is 18.7. The van der Waals surface area contributed by atoms with Gasteiger partial charge in [0.2, 0.25) is 24.1 Å². The van der Waals surface area contributed by atoms with Gasteiger partial charge in [-0.25, -0.2) is 30.6 Å². The molecule has 8 nitrogen and oxygen atoms in total. The fourth-order valence-electron chi connectivity index (χ4n) is 0.317. The van der Waals surface area contributed by atoms with Crippen LogP contribution >= 0.6 is 24.0 Å². The van der Waals surface area contributed by atoms with Gasteiger partial charge in [-0.05, 0) is 0 Å². The molecule has 86 valence electrons. The molecule has 1 aliphatic rings. The molecule has 1 heterocycles. The molecule has 0 aromatic carbocycles. The smallest absolute Gasteiger partial charge is 0.235 e. The Morgan fingerprint density at radius 3 is 1.50 bits per heavy atom. The maximum absolute atomic E-state index is 10.2. The average molecular weight is 262 g/mol. The van der Waals surface area contributed by atoms with E-state index in [1.807, 2.05) is 0 Å². The highest BCUT2D eigenvalue weighted by Gasteiger charge is 2.13. The quantitative estimate of drug-likeness (QED) is 0.270. The molecule has 0 spiro atoms. The minimum atomic E-state index is 0.0231. The van der Waals surface area contributed by atoms with Crippen molar-refractivity contribution in [3.8, 4) is 0 Å². The number of nitrogens with one attached hydrogen (secondary N) is 4. The summed E-state index contributed by atoms with van der Waals surface area (Å²) < 4.78 is 0.602. The Kier molecular flexibility index (Phi) is 23.0. The second-order valence-corrected chi connectivity index (χ2v) is 3.08. The zero-order valence-corrected chi connectivity index (χ0v) is 9.29. The van der Waals surface area contributed by atoms with Crippen LogP contribution in [0.2, 0.25) is 0 Å². The Hall–Kier alpha value is -1.95. The zero-order valence-electron chi connectivity index (χ0n) is 7.66. The van der Waals surface area contributed by atoms with E-state index in [1.165, 1.54) is 11.8 Å². The molecule has 0 atom stereocenters. The number of isocyanates is 3. The molecule has 0 bridgehead atoms. The monoisotopic (exact) mass is 262 g/mol. The van der Waals surface area contributed by atoms with Crippen molar-refractivity contribution in [3.05, 3.63) is 0 Å². The van der Waals surface area contributed by atoms with Gasteiger partial charge < -0.3 is 5.32 Å². The van der Waals surface area contributed by atoms with Gasteiger partial charge >= 0.3 is 0 Å². The molecule has 16 heavy (non-hydrogen) atoms. The van der Waals surface area contributed by atoms with Crippen LogP contribution in [-0.2, 0) is 19.2 Å². The summed E-state index contributed by atoms with van der Waals surface area (Å²) in [6.07, 6.45) is 2.25. The lowest BCUT2D eigenvalue weighted by molar-refractivity contribution is -0.116. The molecular formula is C6H6N4O4S2. The van der Waals surface area contributed by atoms with E-state index in [9.17, 15) is 4.79 Å². The first-order chi connectivity index (χ1) is 7.53. The van der Waals surface area contributed by atoms with Gasteiger partial charge in [-0.3, -0.25) is 4.79 Å². The fourth-order valence-corrected chi connectivity index (χ4v) is 1.13. The Morgan fingerprint density at radius 2 is 1.44 bits per heavy atom. The molecule has 0 aromatic heterocycles. The molecule has 0 unspecified atom stereocenters. The summed E-state index contributed by atoms with van der Waals surface area (Å²) in [5.41, 5.74) is 0. The van der Waals surface area contributed by atoms with Gasteiger partial charge in [0.25, 0.3) is 0 Å². The number of rotatable bonds is 0. The third kappa shape index (κ3) is 29.6. The highest BCUT2D eigenvalue weighted by Crippen LogP contribution is 2.06. The van der Waals surface area contributed by atoms with Crippen molar-refractivity contribution in [2.24, 2.45) is 0 Å². The maximum atomic E-state index is 10.2. The van der Waals surface area contributed by atoms with Gasteiger partial charge in [0.1, 0.15) is 4.32 Å². The lowest BCUT2D eigenvalue weighted by atomic mass is 10.7. The molecule has 1 aliphatic heterocycles. The number of amides is 1. The second-order valence-electron chi connectivity index (χ2n) is 1.43. The molecule has 1 rings (SSSR count). The first-order valence-electron chi connectivity index (χ1n) is 3.12. The standard InChI is InChI=1S/C3H3NOS2.3CHNO/c5-2-1-7-3(6)4-2;3*2-1-3/h1H2,(H,4,5,6);3*2H. The number of carbonyl (C=O) groups excluding carboxylic acids is 4. The van der Waals surface area contributed by atoms with E-state index in [2.05, 4.69) is 17.5 Å². The summed E-state index contributed by atoms with van der Waals surface area (Å²) in [7, 11) is 0. The lowest BCUT2D eigenvalue weighted by Crippen LogP contribution is -2.18.